The molecule has 0 aliphatic carbocycles. The first-order valence-electron chi connectivity index (χ1n) is 9.46. The lowest BCUT2D eigenvalue weighted by Crippen LogP contribution is -2.54. The van der Waals surface area contributed by atoms with Crippen LogP contribution in [0.2, 0.25) is 0 Å². The molecular weight excluding hydrogens is 511 g/mol. The molecule has 2 heterocycles. The predicted molar refractivity (Wildman–Crippen MR) is 123 cm³/mol. The van der Waals surface area contributed by atoms with Crippen molar-refractivity contribution >= 4 is 52.2 Å². The van der Waals surface area contributed by atoms with Crippen molar-refractivity contribution < 1.29 is 23.5 Å². The van der Waals surface area contributed by atoms with Gasteiger partial charge in [0.05, 0.1) is 12.3 Å². The molecule has 1 aromatic heterocycles. The van der Waals surface area contributed by atoms with Gasteiger partial charge in [-0.05, 0) is 84.1 Å². The van der Waals surface area contributed by atoms with Crippen LogP contribution in [0.15, 0.2) is 70.7 Å². The number of nitrogens with zero attached hydrogens (tertiary/aromatic N) is 1. The molecule has 4 amide bonds. The Morgan fingerprint density at radius 1 is 1.00 bits per heavy atom. The fraction of sp³-hybridized carbons (Fsp3) is 0.0870. The van der Waals surface area contributed by atoms with E-state index in [9.17, 15) is 14.4 Å². The van der Waals surface area contributed by atoms with E-state index in [0.29, 0.717) is 29.6 Å². The zero-order chi connectivity index (χ0) is 22.0. The van der Waals surface area contributed by atoms with Gasteiger partial charge in [-0.3, -0.25) is 14.9 Å². The maximum absolute atomic E-state index is 13.0. The molecule has 0 atom stereocenters. The van der Waals surface area contributed by atoms with E-state index >= 15 is 0 Å². The molecule has 2 aromatic carbocycles. The van der Waals surface area contributed by atoms with Gasteiger partial charge in [0.15, 0.2) is 0 Å². The Bertz CT molecular complexity index is 1180. The Kier molecular flexibility index (Phi) is 5.90. The average Bonchev–Trinajstić information content (AvgIpc) is 3.22. The molecule has 0 bridgehead atoms. The number of rotatable bonds is 5. The minimum atomic E-state index is -0.810. The number of furan rings is 1. The topological polar surface area (TPSA) is 88.8 Å². The number of benzene rings is 2. The first-order valence-corrected chi connectivity index (χ1v) is 10.5. The summed E-state index contributed by atoms with van der Waals surface area (Å²) in [6.45, 7) is 2.36. The van der Waals surface area contributed by atoms with Gasteiger partial charge in [0.25, 0.3) is 11.8 Å². The van der Waals surface area contributed by atoms with E-state index in [1.165, 1.54) is 6.08 Å². The summed E-state index contributed by atoms with van der Waals surface area (Å²) < 4.78 is 12.3. The lowest BCUT2D eigenvalue weighted by atomic mass is 10.1. The van der Waals surface area contributed by atoms with Gasteiger partial charge in [-0.1, -0.05) is 12.1 Å². The van der Waals surface area contributed by atoms with Gasteiger partial charge in [0.2, 0.25) is 0 Å². The molecule has 8 heteroatoms. The standard InChI is InChI=1S/C23H17IN2O5/c1-2-30-17-9-7-16(8-10-17)26-22(28)19(21(27)25-23(26)29)13-18-11-12-20(31-18)14-3-5-15(24)6-4-14/h3-13H,2H2,1H3,(H,25,27,29)/b19-13+. The zero-order valence-corrected chi connectivity index (χ0v) is 18.6. The van der Waals surface area contributed by atoms with Crippen molar-refractivity contribution in [1.29, 1.82) is 0 Å². The lowest BCUT2D eigenvalue weighted by Gasteiger charge is -2.26. The molecule has 1 fully saturated rings. The van der Waals surface area contributed by atoms with Gasteiger partial charge in [0, 0.05) is 9.13 Å². The largest absolute Gasteiger partial charge is 0.494 e. The number of hydrogen-bond acceptors (Lipinski definition) is 5. The smallest absolute Gasteiger partial charge is 0.335 e. The first-order chi connectivity index (χ1) is 15.0. The summed E-state index contributed by atoms with van der Waals surface area (Å²) in [4.78, 5) is 38.6. The molecule has 3 aromatic rings. The molecule has 0 spiro atoms. The number of amides is 4. The van der Waals surface area contributed by atoms with Gasteiger partial charge < -0.3 is 9.15 Å². The van der Waals surface area contributed by atoms with Crippen LogP contribution in [-0.2, 0) is 9.59 Å². The fourth-order valence-electron chi connectivity index (χ4n) is 3.09. The summed E-state index contributed by atoms with van der Waals surface area (Å²) in [6.07, 6.45) is 1.34. The van der Waals surface area contributed by atoms with E-state index in [2.05, 4.69) is 27.9 Å². The molecule has 156 valence electrons. The van der Waals surface area contributed by atoms with E-state index in [0.717, 1.165) is 14.0 Å². The highest BCUT2D eigenvalue weighted by molar-refractivity contribution is 14.1. The van der Waals surface area contributed by atoms with Gasteiger partial charge in [-0.15, -0.1) is 0 Å². The summed E-state index contributed by atoms with van der Waals surface area (Å²) in [5.41, 5.74) is 0.996. The number of halogens is 1. The number of carbonyl (C=O) groups is 3. The number of ether oxygens (including phenoxy) is 1. The minimum Gasteiger partial charge on any atom is -0.494 e. The zero-order valence-electron chi connectivity index (χ0n) is 16.4. The van der Waals surface area contributed by atoms with Crippen LogP contribution < -0.4 is 15.0 Å². The Morgan fingerprint density at radius 2 is 1.71 bits per heavy atom. The Labute approximate surface area is 191 Å². The number of carbonyl (C=O) groups excluding carboxylic acids is 3. The number of hydrogen-bond donors (Lipinski definition) is 1. The second kappa shape index (κ2) is 8.76. The van der Waals surface area contributed by atoms with Crippen LogP contribution in [0.3, 0.4) is 0 Å². The third-order valence-electron chi connectivity index (χ3n) is 4.55. The number of barbiturate groups is 1. The number of urea groups is 1. The van der Waals surface area contributed by atoms with Crippen molar-refractivity contribution in [2.75, 3.05) is 11.5 Å². The van der Waals surface area contributed by atoms with Gasteiger partial charge in [-0.2, -0.15) is 0 Å². The second-order valence-electron chi connectivity index (χ2n) is 6.59. The molecule has 0 radical (unpaired) electrons. The van der Waals surface area contributed by atoms with E-state index in [4.69, 9.17) is 9.15 Å². The van der Waals surface area contributed by atoms with Crippen LogP contribution in [0, 0.1) is 3.57 Å². The first kappa shape index (κ1) is 20.9. The predicted octanol–water partition coefficient (Wildman–Crippen LogP) is 4.62. The van der Waals surface area contributed by atoms with Gasteiger partial charge in [-0.25, -0.2) is 9.69 Å². The Morgan fingerprint density at radius 3 is 2.39 bits per heavy atom. The maximum Gasteiger partial charge on any atom is 0.335 e. The van der Waals surface area contributed by atoms with Crippen molar-refractivity contribution in [3.63, 3.8) is 0 Å². The SMILES string of the molecule is CCOc1ccc(N2C(=O)NC(=O)/C(=C\c3ccc(-c4ccc(I)cc4)o3)C2=O)cc1. The second-order valence-corrected chi connectivity index (χ2v) is 7.84. The minimum absolute atomic E-state index is 0.197. The normalized spacial score (nSPS) is 15.4. The van der Waals surface area contributed by atoms with Crippen LogP contribution in [0.5, 0.6) is 5.75 Å². The summed E-state index contributed by atoms with van der Waals surface area (Å²) in [5, 5.41) is 2.20. The average molecular weight is 528 g/mol. The summed E-state index contributed by atoms with van der Waals surface area (Å²) in [5.74, 6) is 0.0376. The van der Waals surface area contributed by atoms with Crippen LogP contribution in [0.25, 0.3) is 17.4 Å². The summed E-state index contributed by atoms with van der Waals surface area (Å²) in [6, 6.07) is 16.8. The number of anilines is 1. The molecule has 1 aliphatic rings. The maximum atomic E-state index is 13.0. The van der Waals surface area contributed by atoms with Crippen LogP contribution in [0.1, 0.15) is 12.7 Å². The molecule has 0 saturated carbocycles. The molecule has 0 unspecified atom stereocenters. The highest BCUT2D eigenvalue weighted by Crippen LogP contribution is 2.27. The monoisotopic (exact) mass is 528 g/mol. The van der Waals surface area contributed by atoms with Crippen molar-refractivity contribution in [2.24, 2.45) is 0 Å². The molecule has 31 heavy (non-hydrogen) atoms. The number of imide groups is 2. The molecule has 1 aliphatic heterocycles. The molecule has 1 saturated heterocycles. The fourth-order valence-corrected chi connectivity index (χ4v) is 3.45. The van der Waals surface area contributed by atoms with Crippen molar-refractivity contribution in [3.8, 4) is 17.1 Å². The summed E-state index contributed by atoms with van der Waals surface area (Å²) in [7, 11) is 0. The van der Waals surface area contributed by atoms with Gasteiger partial charge in [0.1, 0.15) is 22.8 Å². The molecule has 7 nitrogen and oxygen atoms in total. The van der Waals surface area contributed by atoms with E-state index < -0.39 is 17.8 Å². The quantitative estimate of drug-likeness (QED) is 0.297. The Balaban J connectivity index is 1.62. The highest BCUT2D eigenvalue weighted by atomic mass is 127. The van der Waals surface area contributed by atoms with Crippen LogP contribution in [0.4, 0.5) is 10.5 Å². The van der Waals surface area contributed by atoms with E-state index in [1.807, 2.05) is 31.2 Å². The number of nitrogens with one attached hydrogen (secondary N) is 1. The molecular formula is C23H17IN2O5. The highest BCUT2D eigenvalue weighted by Gasteiger charge is 2.37. The van der Waals surface area contributed by atoms with Crippen LogP contribution in [-0.4, -0.2) is 24.5 Å². The molecule has 1 N–H and O–H groups in total. The lowest BCUT2D eigenvalue weighted by molar-refractivity contribution is -0.122. The van der Waals surface area contributed by atoms with Crippen molar-refractivity contribution in [3.05, 3.63) is 75.6 Å². The summed E-state index contributed by atoms with van der Waals surface area (Å²) >= 11 is 2.21. The Hall–Kier alpha value is -3.40. The third-order valence-corrected chi connectivity index (χ3v) is 5.27. The third kappa shape index (κ3) is 4.38. The van der Waals surface area contributed by atoms with Crippen molar-refractivity contribution in [1.82, 2.24) is 5.32 Å². The molecule has 4 rings (SSSR count). The van der Waals surface area contributed by atoms with Crippen LogP contribution >= 0.6 is 22.6 Å². The van der Waals surface area contributed by atoms with E-state index in [-0.39, 0.29) is 5.57 Å². The van der Waals surface area contributed by atoms with Gasteiger partial charge >= 0.3 is 6.03 Å². The van der Waals surface area contributed by atoms with Crippen molar-refractivity contribution in [2.45, 2.75) is 6.92 Å². The van der Waals surface area contributed by atoms with E-state index in [1.54, 1.807) is 36.4 Å².